The number of carbonyl (C=O) groups excluding carboxylic acids is 2. The van der Waals surface area contributed by atoms with Gasteiger partial charge in [0.15, 0.2) is 11.5 Å². The number of unbranched alkanes of at least 4 members (excludes halogenated alkanes) is 2. The van der Waals surface area contributed by atoms with Crippen LogP contribution >= 0.6 is 24.0 Å². The van der Waals surface area contributed by atoms with E-state index in [1.165, 1.54) is 16.7 Å². The minimum atomic E-state index is -0.343. The molecule has 0 bridgehead atoms. The van der Waals surface area contributed by atoms with Gasteiger partial charge in [-0.05, 0) is 37.1 Å². The SMILES string of the molecule is CCCCCOc1ccc(/C=C2\SC(=S)N(CCC(=O)OCC)C2=O)cc1OC. The fourth-order valence-corrected chi connectivity index (χ4v) is 4.02. The molecule has 0 saturated carbocycles. The molecule has 0 atom stereocenters. The van der Waals surface area contributed by atoms with Crippen molar-refractivity contribution >= 4 is 46.3 Å². The molecule has 1 aromatic rings. The van der Waals surface area contributed by atoms with Gasteiger partial charge in [-0.3, -0.25) is 14.5 Å². The van der Waals surface area contributed by atoms with E-state index in [2.05, 4.69) is 6.92 Å². The first-order valence-corrected chi connectivity index (χ1v) is 10.9. The van der Waals surface area contributed by atoms with Crippen LogP contribution < -0.4 is 9.47 Å². The number of rotatable bonds is 11. The van der Waals surface area contributed by atoms with Gasteiger partial charge in [-0.15, -0.1) is 0 Å². The Morgan fingerprint density at radius 1 is 1.24 bits per heavy atom. The molecule has 0 aromatic heterocycles. The highest BCUT2D eigenvalue weighted by molar-refractivity contribution is 8.26. The van der Waals surface area contributed by atoms with Crippen molar-refractivity contribution in [3.8, 4) is 11.5 Å². The van der Waals surface area contributed by atoms with Gasteiger partial charge in [-0.25, -0.2) is 0 Å². The lowest BCUT2D eigenvalue weighted by Crippen LogP contribution is -2.30. The normalized spacial score (nSPS) is 15.1. The third-order valence-electron chi connectivity index (χ3n) is 4.21. The zero-order chi connectivity index (χ0) is 21.2. The van der Waals surface area contributed by atoms with Crippen molar-refractivity contribution in [1.29, 1.82) is 0 Å². The van der Waals surface area contributed by atoms with Crippen LogP contribution in [0, 0.1) is 0 Å². The van der Waals surface area contributed by atoms with Crippen molar-refractivity contribution in [3.05, 3.63) is 28.7 Å². The lowest BCUT2D eigenvalue weighted by atomic mass is 10.2. The number of benzene rings is 1. The molecule has 1 aromatic carbocycles. The van der Waals surface area contributed by atoms with Gasteiger partial charge in [0.2, 0.25) is 0 Å². The van der Waals surface area contributed by atoms with E-state index in [0.717, 1.165) is 24.8 Å². The quantitative estimate of drug-likeness (QED) is 0.220. The predicted octanol–water partition coefficient (Wildman–Crippen LogP) is 4.42. The molecule has 8 heteroatoms. The number of hydrogen-bond acceptors (Lipinski definition) is 7. The number of nitrogens with zero attached hydrogens (tertiary/aromatic N) is 1. The van der Waals surface area contributed by atoms with Crippen LogP contribution in [0.2, 0.25) is 0 Å². The monoisotopic (exact) mass is 437 g/mol. The molecule has 2 rings (SSSR count). The molecule has 1 aliphatic heterocycles. The zero-order valence-electron chi connectivity index (χ0n) is 17.1. The predicted molar refractivity (Wildman–Crippen MR) is 119 cm³/mol. The Kier molecular flexibility index (Phi) is 9.47. The summed E-state index contributed by atoms with van der Waals surface area (Å²) in [5, 5.41) is 0. The minimum Gasteiger partial charge on any atom is -0.493 e. The Bertz CT molecular complexity index is 778. The summed E-state index contributed by atoms with van der Waals surface area (Å²) in [5.74, 6) is 0.753. The molecule has 0 unspecified atom stereocenters. The number of carbonyl (C=O) groups is 2. The maximum absolute atomic E-state index is 12.7. The third kappa shape index (κ3) is 6.75. The summed E-state index contributed by atoms with van der Waals surface area (Å²) >= 11 is 6.52. The van der Waals surface area contributed by atoms with Crippen LogP contribution in [-0.2, 0) is 14.3 Å². The van der Waals surface area contributed by atoms with E-state index < -0.39 is 0 Å². The number of amides is 1. The molecule has 1 fully saturated rings. The molecule has 29 heavy (non-hydrogen) atoms. The average molecular weight is 438 g/mol. The summed E-state index contributed by atoms with van der Waals surface area (Å²) in [5.41, 5.74) is 0.814. The van der Waals surface area contributed by atoms with Crippen LogP contribution in [0.25, 0.3) is 6.08 Å². The summed E-state index contributed by atoms with van der Waals surface area (Å²) in [4.78, 5) is 26.2. The molecule has 0 N–H and O–H groups in total. The summed E-state index contributed by atoms with van der Waals surface area (Å²) < 4.78 is 16.6. The van der Waals surface area contributed by atoms with Gasteiger partial charge in [0, 0.05) is 6.54 Å². The topological polar surface area (TPSA) is 65.1 Å². The molecule has 1 saturated heterocycles. The number of esters is 1. The van der Waals surface area contributed by atoms with Crippen LogP contribution in [0.5, 0.6) is 11.5 Å². The van der Waals surface area contributed by atoms with Crippen molar-refractivity contribution < 1.29 is 23.8 Å². The van der Waals surface area contributed by atoms with E-state index in [0.29, 0.717) is 33.9 Å². The summed E-state index contributed by atoms with van der Waals surface area (Å²) in [6.45, 7) is 5.07. The highest BCUT2D eigenvalue weighted by Gasteiger charge is 2.32. The van der Waals surface area contributed by atoms with E-state index in [4.69, 9.17) is 26.4 Å². The van der Waals surface area contributed by atoms with Crippen molar-refractivity contribution in [3.63, 3.8) is 0 Å². The maximum atomic E-state index is 12.7. The summed E-state index contributed by atoms with van der Waals surface area (Å²) in [7, 11) is 1.59. The molecule has 0 spiro atoms. The van der Waals surface area contributed by atoms with E-state index >= 15 is 0 Å². The Hall–Kier alpha value is -2.06. The Morgan fingerprint density at radius 2 is 2.03 bits per heavy atom. The van der Waals surface area contributed by atoms with E-state index in [1.807, 2.05) is 18.2 Å². The molecular formula is C21H27NO5S2. The van der Waals surface area contributed by atoms with Gasteiger partial charge >= 0.3 is 5.97 Å². The first-order valence-electron chi connectivity index (χ1n) is 9.72. The van der Waals surface area contributed by atoms with Gasteiger partial charge < -0.3 is 14.2 Å². The van der Waals surface area contributed by atoms with Crippen LogP contribution in [-0.4, -0.2) is 48.0 Å². The molecule has 0 radical (unpaired) electrons. The Labute approximate surface area is 181 Å². The van der Waals surface area contributed by atoms with Crippen molar-refractivity contribution in [2.24, 2.45) is 0 Å². The smallest absolute Gasteiger partial charge is 0.307 e. The number of thioether (sulfide) groups is 1. The number of thiocarbonyl (C=S) groups is 1. The largest absolute Gasteiger partial charge is 0.493 e. The average Bonchev–Trinajstić information content (AvgIpc) is 2.97. The second-order valence-corrected chi connectivity index (χ2v) is 8.03. The lowest BCUT2D eigenvalue weighted by Gasteiger charge is -2.13. The molecule has 0 aliphatic carbocycles. The highest BCUT2D eigenvalue weighted by Crippen LogP contribution is 2.35. The molecule has 1 heterocycles. The molecular weight excluding hydrogens is 410 g/mol. The van der Waals surface area contributed by atoms with Gasteiger partial charge in [-0.2, -0.15) is 0 Å². The van der Waals surface area contributed by atoms with Gasteiger partial charge in [0.25, 0.3) is 5.91 Å². The fourth-order valence-electron chi connectivity index (χ4n) is 2.71. The lowest BCUT2D eigenvalue weighted by molar-refractivity contribution is -0.143. The first kappa shape index (κ1) is 23.2. The number of methoxy groups -OCH3 is 1. The van der Waals surface area contributed by atoms with Crippen molar-refractivity contribution in [1.82, 2.24) is 4.90 Å². The second kappa shape index (κ2) is 11.8. The standard InChI is InChI=1S/C21H27NO5S2/c1-4-6-7-12-27-16-9-8-15(13-17(16)25-3)14-18-20(24)22(21(28)29-18)11-10-19(23)26-5-2/h8-9,13-14H,4-7,10-12H2,1-3H3/b18-14-. The molecule has 158 valence electrons. The Morgan fingerprint density at radius 3 is 2.72 bits per heavy atom. The van der Waals surface area contributed by atoms with Crippen molar-refractivity contribution in [2.45, 2.75) is 39.5 Å². The van der Waals surface area contributed by atoms with E-state index in [-0.39, 0.29) is 24.8 Å². The first-order chi connectivity index (χ1) is 14.0. The number of ether oxygens (including phenoxy) is 3. The van der Waals surface area contributed by atoms with Crippen LogP contribution in [0.1, 0.15) is 45.1 Å². The third-order valence-corrected chi connectivity index (χ3v) is 5.59. The maximum Gasteiger partial charge on any atom is 0.307 e. The minimum absolute atomic E-state index is 0.117. The molecule has 1 amide bonds. The van der Waals surface area contributed by atoms with E-state index in [1.54, 1.807) is 20.1 Å². The fraction of sp³-hybridized carbons (Fsp3) is 0.476. The molecule has 1 aliphatic rings. The van der Waals surface area contributed by atoms with E-state index in [9.17, 15) is 9.59 Å². The van der Waals surface area contributed by atoms with Crippen LogP contribution in [0.4, 0.5) is 0 Å². The van der Waals surface area contributed by atoms with Gasteiger partial charge in [0.1, 0.15) is 4.32 Å². The second-order valence-electron chi connectivity index (χ2n) is 6.35. The summed E-state index contributed by atoms with van der Waals surface area (Å²) in [6, 6.07) is 5.56. The summed E-state index contributed by atoms with van der Waals surface area (Å²) in [6.07, 6.45) is 5.14. The number of hydrogen-bond donors (Lipinski definition) is 0. The van der Waals surface area contributed by atoms with Gasteiger partial charge in [-0.1, -0.05) is 49.8 Å². The van der Waals surface area contributed by atoms with Crippen LogP contribution in [0.15, 0.2) is 23.1 Å². The van der Waals surface area contributed by atoms with Crippen molar-refractivity contribution in [2.75, 3.05) is 26.9 Å². The molecule has 6 nitrogen and oxygen atoms in total. The Balaban J connectivity index is 2.06. The van der Waals surface area contributed by atoms with Gasteiger partial charge in [0.05, 0.1) is 31.6 Å². The van der Waals surface area contributed by atoms with Crippen LogP contribution in [0.3, 0.4) is 0 Å². The zero-order valence-corrected chi connectivity index (χ0v) is 18.7. The highest BCUT2D eigenvalue weighted by atomic mass is 32.2.